The molecule has 0 aromatic carbocycles. The number of hydrogen-bond acceptors (Lipinski definition) is 2. The third-order valence-corrected chi connectivity index (χ3v) is 2.05. The molecule has 14 heavy (non-hydrogen) atoms. The summed E-state index contributed by atoms with van der Waals surface area (Å²) in [5.41, 5.74) is 0. The van der Waals surface area contributed by atoms with E-state index in [0.717, 1.165) is 19.3 Å². The Morgan fingerprint density at radius 2 is 1.64 bits per heavy atom. The van der Waals surface area contributed by atoms with Gasteiger partial charge in [-0.25, -0.2) is 0 Å². The van der Waals surface area contributed by atoms with Gasteiger partial charge in [0.1, 0.15) is 0 Å². The van der Waals surface area contributed by atoms with Crippen molar-refractivity contribution in [2.75, 3.05) is 0 Å². The van der Waals surface area contributed by atoms with Gasteiger partial charge in [0.25, 0.3) is 0 Å². The minimum absolute atomic E-state index is 0.000671. The summed E-state index contributed by atoms with van der Waals surface area (Å²) in [4.78, 5) is 0. The van der Waals surface area contributed by atoms with Gasteiger partial charge < -0.3 is 10.2 Å². The molecule has 2 unspecified atom stereocenters. The van der Waals surface area contributed by atoms with E-state index in [1.807, 2.05) is 6.92 Å². The fourth-order valence-corrected chi connectivity index (χ4v) is 1.16. The Morgan fingerprint density at radius 1 is 1.07 bits per heavy atom. The van der Waals surface area contributed by atoms with Crippen LogP contribution >= 0.6 is 0 Å². The van der Waals surface area contributed by atoms with E-state index in [0.29, 0.717) is 6.42 Å². The van der Waals surface area contributed by atoms with Crippen LogP contribution in [0.2, 0.25) is 0 Å². The monoisotopic (exact) mass is 214 g/mol. The van der Waals surface area contributed by atoms with Crippen molar-refractivity contribution in [1.29, 1.82) is 0 Å². The zero-order valence-corrected chi connectivity index (χ0v) is 8.22. The first-order valence-electron chi connectivity index (χ1n) is 4.82. The van der Waals surface area contributed by atoms with Crippen LogP contribution in [-0.4, -0.2) is 28.6 Å². The summed E-state index contributed by atoms with van der Waals surface area (Å²) in [5.74, 6) is 0. The molecule has 0 aromatic heterocycles. The number of unbranched alkanes of at least 4 members (excludes halogenated alkanes) is 3. The van der Waals surface area contributed by atoms with Crippen molar-refractivity contribution >= 4 is 0 Å². The van der Waals surface area contributed by atoms with Crippen LogP contribution in [0.3, 0.4) is 0 Å². The van der Waals surface area contributed by atoms with Crippen molar-refractivity contribution in [2.45, 2.75) is 57.4 Å². The Bertz CT molecular complexity index is 147. The van der Waals surface area contributed by atoms with Gasteiger partial charge in [-0.1, -0.05) is 32.6 Å². The minimum atomic E-state index is -4.72. The molecule has 0 heterocycles. The molecule has 2 N–H and O–H groups in total. The maximum Gasteiger partial charge on any atom is 0.416 e. The molecule has 2 nitrogen and oxygen atoms in total. The standard InChI is InChI=1S/C9H17F3O2/c1-2-3-4-5-6-7(13)8(14)9(10,11)12/h7-8,13-14H,2-6H2,1H3. The average Bonchev–Trinajstić information content (AvgIpc) is 2.09. The van der Waals surface area contributed by atoms with Gasteiger partial charge in [0.15, 0.2) is 6.10 Å². The Balaban J connectivity index is 3.68. The Hall–Kier alpha value is -0.290. The second-order valence-electron chi connectivity index (χ2n) is 3.40. The fraction of sp³-hybridized carbons (Fsp3) is 1.00. The number of alkyl halides is 3. The third-order valence-electron chi connectivity index (χ3n) is 2.05. The summed E-state index contributed by atoms with van der Waals surface area (Å²) in [6.07, 6.45) is -5.78. The van der Waals surface area contributed by atoms with E-state index in [9.17, 15) is 13.2 Å². The largest absolute Gasteiger partial charge is 0.416 e. The second kappa shape index (κ2) is 6.24. The van der Waals surface area contributed by atoms with E-state index in [-0.39, 0.29) is 6.42 Å². The normalized spacial score (nSPS) is 16.7. The summed E-state index contributed by atoms with van der Waals surface area (Å²) < 4.78 is 35.6. The van der Waals surface area contributed by atoms with E-state index < -0.39 is 18.4 Å². The molecule has 5 heteroatoms. The molecule has 0 saturated heterocycles. The summed E-state index contributed by atoms with van der Waals surface area (Å²) >= 11 is 0. The maximum atomic E-state index is 11.9. The van der Waals surface area contributed by atoms with Gasteiger partial charge in [-0.05, 0) is 6.42 Å². The summed E-state index contributed by atoms with van der Waals surface area (Å²) in [6, 6.07) is 0. The highest BCUT2D eigenvalue weighted by Crippen LogP contribution is 2.24. The van der Waals surface area contributed by atoms with Crippen molar-refractivity contribution in [3.8, 4) is 0 Å². The molecular formula is C9H17F3O2. The Kier molecular flexibility index (Phi) is 6.11. The van der Waals surface area contributed by atoms with E-state index in [1.54, 1.807) is 0 Å². The number of rotatable bonds is 6. The molecule has 0 spiro atoms. The first-order valence-corrected chi connectivity index (χ1v) is 4.82. The van der Waals surface area contributed by atoms with Crippen molar-refractivity contribution in [3.05, 3.63) is 0 Å². The van der Waals surface area contributed by atoms with Gasteiger partial charge in [-0.15, -0.1) is 0 Å². The van der Waals surface area contributed by atoms with E-state index >= 15 is 0 Å². The second-order valence-corrected chi connectivity index (χ2v) is 3.40. The molecule has 0 bridgehead atoms. The molecule has 0 radical (unpaired) electrons. The van der Waals surface area contributed by atoms with Gasteiger partial charge in [-0.3, -0.25) is 0 Å². The molecule has 0 rings (SSSR count). The molecule has 0 aliphatic heterocycles. The van der Waals surface area contributed by atoms with Gasteiger partial charge in [0.2, 0.25) is 0 Å². The Morgan fingerprint density at radius 3 is 2.07 bits per heavy atom. The average molecular weight is 214 g/mol. The van der Waals surface area contributed by atoms with Crippen LogP contribution in [0.4, 0.5) is 13.2 Å². The smallest absolute Gasteiger partial charge is 0.390 e. The molecule has 0 aliphatic carbocycles. The van der Waals surface area contributed by atoms with Gasteiger partial charge in [-0.2, -0.15) is 13.2 Å². The lowest BCUT2D eigenvalue weighted by Gasteiger charge is -2.20. The topological polar surface area (TPSA) is 40.5 Å². The predicted molar refractivity (Wildman–Crippen MR) is 46.8 cm³/mol. The van der Waals surface area contributed by atoms with Crippen LogP contribution in [0, 0.1) is 0 Å². The first kappa shape index (κ1) is 13.7. The zero-order chi connectivity index (χ0) is 11.2. The van der Waals surface area contributed by atoms with Crippen LogP contribution in [0.1, 0.15) is 39.0 Å². The van der Waals surface area contributed by atoms with Crippen molar-refractivity contribution in [1.82, 2.24) is 0 Å². The Labute approximate surface area is 81.7 Å². The summed E-state index contributed by atoms with van der Waals surface area (Å²) in [7, 11) is 0. The third kappa shape index (κ3) is 5.44. The number of aliphatic hydroxyl groups is 2. The lowest BCUT2D eigenvalue weighted by atomic mass is 10.1. The molecular weight excluding hydrogens is 197 g/mol. The zero-order valence-electron chi connectivity index (χ0n) is 8.22. The lowest BCUT2D eigenvalue weighted by Crippen LogP contribution is -2.39. The van der Waals surface area contributed by atoms with Crippen LogP contribution in [0.5, 0.6) is 0 Å². The first-order chi connectivity index (χ1) is 6.39. The highest BCUT2D eigenvalue weighted by molar-refractivity contribution is 4.74. The number of halogens is 3. The van der Waals surface area contributed by atoms with E-state index in [1.165, 1.54) is 0 Å². The van der Waals surface area contributed by atoms with Crippen molar-refractivity contribution in [2.24, 2.45) is 0 Å². The van der Waals surface area contributed by atoms with E-state index in [4.69, 9.17) is 10.2 Å². The van der Waals surface area contributed by atoms with Crippen LogP contribution < -0.4 is 0 Å². The van der Waals surface area contributed by atoms with Gasteiger partial charge in [0, 0.05) is 0 Å². The molecule has 0 fully saturated rings. The van der Waals surface area contributed by atoms with Crippen LogP contribution in [0.25, 0.3) is 0 Å². The van der Waals surface area contributed by atoms with Gasteiger partial charge in [0.05, 0.1) is 6.10 Å². The number of aliphatic hydroxyl groups excluding tert-OH is 2. The van der Waals surface area contributed by atoms with E-state index in [2.05, 4.69) is 0 Å². The fourth-order valence-electron chi connectivity index (χ4n) is 1.16. The van der Waals surface area contributed by atoms with Gasteiger partial charge >= 0.3 is 6.18 Å². The molecule has 0 amide bonds. The predicted octanol–water partition coefficient (Wildman–Crippen LogP) is 2.24. The highest BCUT2D eigenvalue weighted by Gasteiger charge is 2.42. The molecule has 0 saturated carbocycles. The molecule has 86 valence electrons. The molecule has 2 atom stereocenters. The highest BCUT2D eigenvalue weighted by atomic mass is 19.4. The summed E-state index contributed by atoms with van der Waals surface area (Å²) in [5, 5.41) is 17.6. The van der Waals surface area contributed by atoms with Crippen LogP contribution in [-0.2, 0) is 0 Å². The molecule has 0 aliphatic rings. The van der Waals surface area contributed by atoms with Crippen LogP contribution in [0.15, 0.2) is 0 Å². The SMILES string of the molecule is CCCCCCC(O)C(O)C(F)(F)F. The van der Waals surface area contributed by atoms with Crippen molar-refractivity contribution < 1.29 is 23.4 Å². The summed E-state index contributed by atoms with van der Waals surface area (Å²) in [6.45, 7) is 1.99. The molecule has 0 aromatic rings. The minimum Gasteiger partial charge on any atom is -0.390 e. The lowest BCUT2D eigenvalue weighted by molar-refractivity contribution is -0.230. The maximum absolute atomic E-state index is 11.9. The van der Waals surface area contributed by atoms with Crippen molar-refractivity contribution in [3.63, 3.8) is 0 Å². The number of hydrogen-bond donors (Lipinski definition) is 2. The quantitative estimate of drug-likeness (QED) is 0.666.